The molecule has 0 aromatic heterocycles. The Bertz CT molecular complexity index is 1460. The smallest absolute Gasteiger partial charge is 0.251 e. The van der Waals surface area contributed by atoms with Gasteiger partial charge in [0.1, 0.15) is 30.5 Å². The van der Waals surface area contributed by atoms with Crippen molar-refractivity contribution in [2.45, 2.75) is 56.8 Å². The van der Waals surface area contributed by atoms with E-state index < -0.39 is 41.8 Å². The fourth-order valence-electron chi connectivity index (χ4n) is 4.70. The minimum Gasteiger partial charge on any atom is -0.489 e. The van der Waals surface area contributed by atoms with Gasteiger partial charge in [-0.2, -0.15) is 0 Å². The molecule has 0 saturated heterocycles. The topological polar surface area (TPSA) is 230 Å². The Labute approximate surface area is 274 Å². The molecule has 0 heterocycles. The van der Waals surface area contributed by atoms with E-state index in [2.05, 4.69) is 20.9 Å². The summed E-state index contributed by atoms with van der Waals surface area (Å²) in [6.07, 6.45) is 1.94. The number of amides is 4. The molecule has 11 N–H and O–H groups in total. The van der Waals surface area contributed by atoms with E-state index in [4.69, 9.17) is 27.7 Å². The molecule has 0 aliphatic heterocycles. The number of aliphatic imine (C=N–C) groups is 1. The van der Waals surface area contributed by atoms with Crippen LogP contribution >= 0.6 is 0 Å². The van der Waals surface area contributed by atoms with E-state index >= 15 is 0 Å². The summed E-state index contributed by atoms with van der Waals surface area (Å²) in [7, 11) is 0. The van der Waals surface area contributed by atoms with Crippen LogP contribution in [0.4, 0.5) is 0 Å². The molecule has 47 heavy (non-hydrogen) atoms. The van der Waals surface area contributed by atoms with Gasteiger partial charge in [-0.1, -0.05) is 60.7 Å². The summed E-state index contributed by atoms with van der Waals surface area (Å²) in [6.45, 7) is 0.997. The Morgan fingerprint density at radius 2 is 1.30 bits per heavy atom. The Morgan fingerprint density at radius 3 is 1.91 bits per heavy atom. The maximum absolute atomic E-state index is 13.6. The molecule has 3 aromatic rings. The number of nitrogens with two attached hydrogens (primary N) is 4. The summed E-state index contributed by atoms with van der Waals surface area (Å²) in [5.74, 6) is -1.95. The number of guanidine groups is 1. The number of benzene rings is 3. The molecule has 0 spiro atoms. The third kappa shape index (κ3) is 12.5. The molecule has 0 fully saturated rings. The molecular formula is C34H44N8O5. The van der Waals surface area contributed by atoms with Gasteiger partial charge >= 0.3 is 0 Å². The lowest BCUT2D eigenvalue weighted by Gasteiger charge is -2.25. The average Bonchev–Trinajstić information content (AvgIpc) is 3.07. The molecule has 0 bridgehead atoms. The van der Waals surface area contributed by atoms with Crippen molar-refractivity contribution in [2.75, 3.05) is 13.1 Å². The normalized spacial score (nSPS) is 12.5. The standard InChI is InChI=1S/C34H44N8O5/c35-20-8-7-14-27(41-32(45)28(15-9-21-39-34(37)38)40-31(44)25-12-5-2-6-13-25)33(46)42-29(30(36)43)24-16-18-26(19-17-24)47-22-23-10-3-1-4-11-23/h1-6,10-13,16-19,27-29H,7-9,14-15,20-22,35H2,(H2,36,43)(H,40,44)(H,41,45)(H,42,46)(H4,37,38,39)/t27-,28-,29+/m1/s1. The first kappa shape index (κ1) is 36.0. The first-order valence-electron chi connectivity index (χ1n) is 15.5. The van der Waals surface area contributed by atoms with Crippen LogP contribution in [0.5, 0.6) is 5.75 Å². The lowest BCUT2D eigenvalue weighted by Crippen LogP contribution is -2.54. The van der Waals surface area contributed by atoms with Gasteiger partial charge in [0, 0.05) is 12.1 Å². The molecule has 3 atom stereocenters. The largest absolute Gasteiger partial charge is 0.489 e. The Balaban J connectivity index is 1.73. The van der Waals surface area contributed by atoms with Crippen molar-refractivity contribution >= 4 is 29.6 Å². The van der Waals surface area contributed by atoms with Crippen LogP contribution < -0.4 is 43.6 Å². The third-order valence-corrected chi connectivity index (χ3v) is 7.22. The second-order valence-electron chi connectivity index (χ2n) is 10.9. The number of hydrogen-bond donors (Lipinski definition) is 7. The molecule has 3 rings (SSSR count). The first-order valence-corrected chi connectivity index (χ1v) is 15.5. The quantitative estimate of drug-likeness (QED) is 0.0571. The summed E-state index contributed by atoms with van der Waals surface area (Å²) >= 11 is 0. The van der Waals surface area contributed by atoms with Gasteiger partial charge in [-0.3, -0.25) is 24.2 Å². The second-order valence-corrected chi connectivity index (χ2v) is 10.9. The van der Waals surface area contributed by atoms with Gasteiger partial charge < -0.3 is 43.6 Å². The molecule has 13 heteroatoms. The number of primary amides is 1. The average molecular weight is 645 g/mol. The van der Waals surface area contributed by atoms with Crippen LogP contribution in [0.15, 0.2) is 89.9 Å². The first-order chi connectivity index (χ1) is 22.7. The number of carbonyl (C=O) groups is 4. The number of nitrogens with zero attached hydrogens (tertiary/aromatic N) is 1. The van der Waals surface area contributed by atoms with Gasteiger partial charge in [0.05, 0.1) is 0 Å². The second kappa shape index (κ2) is 19.2. The van der Waals surface area contributed by atoms with Crippen molar-refractivity contribution in [3.8, 4) is 5.75 Å². The van der Waals surface area contributed by atoms with E-state index in [1.165, 1.54) is 0 Å². The molecule has 0 unspecified atom stereocenters. The maximum atomic E-state index is 13.6. The maximum Gasteiger partial charge on any atom is 0.251 e. The van der Waals surface area contributed by atoms with Crippen LogP contribution in [0.3, 0.4) is 0 Å². The zero-order valence-electron chi connectivity index (χ0n) is 26.3. The molecule has 3 aromatic carbocycles. The van der Waals surface area contributed by atoms with Crippen molar-refractivity contribution in [2.24, 2.45) is 27.9 Å². The Hall–Kier alpha value is -5.43. The molecular weight excluding hydrogens is 600 g/mol. The zero-order chi connectivity index (χ0) is 34.0. The molecule has 250 valence electrons. The molecule has 0 radical (unpaired) electrons. The van der Waals surface area contributed by atoms with E-state index in [0.717, 1.165) is 5.56 Å². The van der Waals surface area contributed by atoms with Gasteiger partial charge in [-0.25, -0.2) is 0 Å². The molecule has 0 saturated carbocycles. The summed E-state index contributed by atoms with van der Waals surface area (Å²) in [5, 5.41) is 8.18. The summed E-state index contributed by atoms with van der Waals surface area (Å²) in [4.78, 5) is 56.5. The van der Waals surface area contributed by atoms with Crippen molar-refractivity contribution in [1.82, 2.24) is 16.0 Å². The van der Waals surface area contributed by atoms with Crippen molar-refractivity contribution < 1.29 is 23.9 Å². The molecule has 4 amide bonds. The highest BCUT2D eigenvalue weighted by Crippen LogP contribution is 2.20. The van der Waals surface area contributed by atoms with E-state index in [-0.39, 0.29) is 25.3 Å². The fraction of sp³-hybridized carbons (Fsp3) is 0.324. The predicted octanol–water partition coefficient (Wildman–Crippen LogP) is 1.37. The van der Waals surface area contributed by atoms with Crippen LogP contribution in [-0.2, 0) is 21.0 Å². The molecule has 0 aliphatic carbocycles. The van der Waals surface area contributed by atoms with Gasteiger partial charge in [-0.05, 0) is 74.0 Å². The molecule has 13 nitrogen and oxygen atoms in total. The highest BCUT2D eigenvalue weighted by molar-refractivity contribution is 5.98. The van der Waals surface area contributed by atoms with Crippen LogP contribution in [0.1, 0.15) is 59.6 Å². The number of hydrogen-bond acceptors (Lipinski definition) is 7. The minimum absolute atomic E-state index is 0.0886. The SMILES string of the molecule is NCCCC[C@@H](NC(=O)[C@@H](CCCN=C(N)N)NC(=O)c1ccccc1)C(=O)N[C@H](C(N)=O)c1ccc(OCc2ccccc2)cc1. The van der Waals surface area contributed by atoms with Crippen LogP contribution in [0.25, 0.3) is 0 Å². The zero-order valence-corrected chi connectivity index (χ0v) is 26.3. The van der Waals surface area contributed by atoms with Gasteiger partial charge in [-0.15, -0.1) is 0 Å². The van der Waals surface area contributed by atoms with E-state index in [0.29, 0.717) is 49.3 Å². The van der Waals surface area contributed by atoms with Gasteiger partial charge in [0.25, 0.3) is 5.91 Å². The summed E-state index contributed by atoms with van der Waals surface area (Å²) < 4.78 is 5.82. The number of nitrogens with one attached hydrogen (secondary N) is 3. The molecule has 0 aliphatic rings. The van der Waals surface area contributed by atoms with Crippen molar-refractivity contribution in [1.29, 1.82) is 0 Å². The van der Waals surface area contributed by atoms with E-state index in [1.807, 2.05) is 30.3 Å². The number of unbranched alkanes of at least 4 members (excludes halogenated alkanes) is 1. The van der Waals surface area contributed by atoms with E-state index in [9.17, 15) is 19.2 Å². The Kier molecular flexibility index (Phi) is 14.7. The number of ether oxygens (including phenoxy) is 1. The number of carbonyl (C=O) groups excluding carboxylic acids is 4. The number of rotatable bonds is 19. The highest BCUT2D eigenvalue weighted by atomic mass is 16.5. The highest BCUT2D eigenvalue weighted by Gasteiger charge is 2.29. The lowest BCUT2D eigenvalue weighted by atomic mass is 10.0. The van der Waals surface area contributed by atoms with Crippen molar-refractivity contribution in [3.05, 3.63) is 102 Å². The van der Waals surface area contributed by atoms with E-state index in [1.54, 1.807) is 54.6 Å². The van der Waals surface area contributed by atoms with Gasteiger partial charge in [0.15, 0.2) is 5.96 Å². The minimum atomic E-state index is -1.17. The predicted molar refractivity (Wildman–Crippen MR) is 180 cm³/mol. The summed E-state index contributed by atoms with van der Waals surface area (Å²) in [5.41, 5.74) is 24.0. The van der Waals surface area contributed by atoms with Crippen molar-refractivity contribution in [3.63, 3.8) is 0 Å². The van der Waals surface area contributed by atoms with Crippen LogP contribution in [0.2, 0.25) is 0 Å². The Morgan fingerprint density at radius 1 is 0.702 bits per heavy atom. The lowest BCUT2D eigenvalue weighted by molar-refractivity contribution is -0.132. The monoisotopic (exact) mass is 644 g/mol. The van der Waals surface area contributed by atoms with Gasteiger partial charge in [0.2, 0.25) is 17.7 Å². The summed E-state index contributed by atoms with van der Waals surface area (Å²) in [6, 6.07) is 21.5. The van der Waals surface area contributed by atoms with Crippen LogP contribution in [0, 0.1) is 0 Å². The fourth-order valence-corrected chi connectivity index (χ4v) is 4.70. The third-order valence-electron chi connectivity index (χ3n) is 7.22. The van der Waals surface area contributed by atoms with Crippen LogP contribution in [-0.4, -0.2) is 54.8 Å².